The van der Waals surface area contributed by atoms with E-state index in [4.69, 9.17) is 0 Å². The Balaban J connectivity index is 1.91. The molecule has 3 rings (SSSR count). The molecule has 3 aromatic rings. The second kappa shape index (κ2) is 9.77. The molecule has 1 N–H and O–H groups in total. The summed E-state index contributed by atoms with van der Waals surface area (Å²) in [7, 11) is -4.08. The quantitative estimate of drug-likeness (QED) is 0.508. The number of anilines is 2. The largest absolute Gasteiger partial charge is 0.323 e. The minimum atomic E-state index is -4.08. The van der Waals surface area contributed by atoms with Crippen molar-refractivity contribution in [1.82, 2.24) is 0 Å². The van der Waals surface area contributed by atoms with E-state index in [0.29, 0.717) is 11.4 Å². The normalized spacial score (nSPS) is 11.1. The third-order valence-corrected chi connectivity index (χ3v) is 6.94. The molecule has 3 aromatic carbocycles. The average Bonchev–Trinajstić information content (AvgIpc) is 2.74. The lowest BCUT2D eigenvalue weighted by Crippen LogP contribution is -2.38. The molecule has 0 bridgehead atoms. The summed E-state index contributed by atoms with van der Waals surface area (Å²) in [6, 6.07) is 20.2. The molecule has 0 saturated carbocycles. The van der Waals surface area contributed by atoms with Gasteiger partial charge in [0.25, 0.3) is 10.0 Å². The molecule has 8 heteroatoms. The summed E-state index contributed by atoms with van der Waals surface area (Å²) in [4.78, 5) is 13.6. The smallest absolute Gasteiger partial charge is 0.264 e. The fraction of sp³-hybridized carbons (Fsp3) is 0.136. The highest BCUT2D eigenvalue weighted by Crippen LogP contribution is 2.27. The molecule has 156 valence electrons. The average molecular weight is 445 g/mol. The Kier molecular flexibility index (Phi) is 7.12. The molecule has 0 aliphatic carbocycles. The first-order valence-corrected chi connectivity index (χ1v) is 11.7. The minimum absolute atomic E-state index is 0.0949. The summed E-state index contributed by atoms with van der Waals surface area (Å²) in [5, 5.41) is 2.80. The second-order valence-electron chi connectivity index (χ2n) is 6.28. The van der Waals surface area contributed by atoms with Crippen LogP contribution in [0.1, 0.15) is 6.92 Å². The number of nitrogens with one attached hydrogen (secondary N) is 1. The summed E-state index contributed by atoms with van der Waals surface area (Å²) in [5.74, 6) is -0.182. The van der Waals surface area contributed by atoms with Crippen LogP contribution in [0.4, 0.5) is 15.8 Å². The number of hydrogen-bond donors (Lipinski definition) is 1. The van der Waals surface area contributed by atoms with Crippen molar-refractivity contribution in [2.45, 2.75) is 16.7 Å². The summed E-state index contributed by atoms with van der Waals surface area (Å²) < 4.78 is 40.7. The highest BCUT2D eigenvalue weighted by molar-refractivity contribution is 7.99. The van der Waals surface area contributed by atoms with Gasteiger partial charge in [0.1, 0.15) is 12.4 Å². The number of benzene rings is 3. The monoisotopic (exact) mass is 444 g/mol. The SMILES string of the molecule is CCSc1ccccc1NC(=O)CN(c1ccccc1)S(=O)(=O)c1ccc(F)cc1. The Hall–Kier alpha value is -2.84. The number of sulfonamides is 1. The predicted molar refractivity (Wildman–Crippen MR) is 119 cm³/mol. The molecule has 0 unspecified atom stereocenters. The zero-order chi connectivity index (χ0) is 21.6. The van der Waals surface area contributed by atoms with E-state index in [9.17, 15) is 17.6 Å². The van der Waals surface area contributed by atoms with Crippen molar-refractivity contribution in [2.24, 2.45) is 0 Å². The molecule has 0 radical (unpaired) electrons. The molecule has 0 atom stereocenters. The highest BCUT2D eigenvalue weighted by atomic mass is 32.2. The number of thioether (sulfide) groups is 1. The van der Waals surface area contributed by atoms with E-state index in [1.807, 2.05) is 19.1 Å². The van der Waals surface area contributed by atoms with Gasteiger partial charge in [-0.3, -0.25) is 9.10 Å². The molecular weight excluding hydrogens is 423 g/mol. The van der Waals surface area contributed by atoms with E-state index in [0.717, 1.165) is 27.1 Å². The first kappa shape index (κ1) is 21.9. The zero-order valence-electron chi connectivity index (χ0n) is 16.3. The van der Waals surface area contributed by atoms with Crippen molar-refractivity contribution in [3.05, 3.63) is 84.7 Å². The number of hydrogen-bond acceptors (Lipinski definition) is 4. The van der Waals surface area contributed by atoms with Gasteiger partial charge in [-0.2, -0.15) is 0 Å². The van der Waals surface area contributed by atoms with Crippen molar-refractivity contribution < 1.29 is 17.6 Å². The van der Waals surface area contributed by atoms with Crippen LogP contribution in [0, 0.1) is 5.82 Å². The Morgan fingerprint density at radius 1 is 0.967 bits per heavy atom. The van der Waals surface area contributed by atoms with Crippen molar-refractivity contribution in [3.63, 3.8) is 0 Å². The number of halogens is 1. The molecule has 1 amide bonds. The van der Waals surface area contributed by atoms with E-state index >= 15 is 0 Å². The Morgan fingerprint density at radius 3 is 2.27 bits per heavy atom. The fourth-order valence-electron chi connectivity index (χ4n) is 2.81. The van der Waals surface area contributed by atoms with E-state index < -0.39 is 28.3 Å². The number of carbonyl (C=O) groups is 1. The van der Waals surface area contributed by atoms with E-state index in [-0.39, 0.29) is 4.90 Å². The highest BCUT2D eigenvalue weighted by Gasteiger charge is 2.27. The van der Waals surface area contributed by atoms with Crippen LogP contribution in [-0.4, -0.2) is 26.6 Å². The van der Waals surface area contributed by atoms with Crippen molar-refractivity contribution in [2.75, 3.05) is 21.9 Å². The number of rotatable bonds is 8. The summed E-state index contributed by atoms with van der Waals surface area (Å²) >= 11 is 1.58. The van der Waals surface area contributed by atoms with Gasteiger partial charge in [0.15, 0.2) is 0 Å². The van der Waals surface area contributed by atoms with E-state index in [1.165, 1.54) is 12.1 Å². The third-order valence-electron chi connectivity index (χ3n) is 4.19. The van der Waals surface area contributed by atoms with Gasteiger partial charge in [-0.05, 0) is 54.3 Å². The number of nitrogens with zero attached hydrogens (tertiary/aromatic N) is 1. The van der Waals surface area contributed by atoms with Crippen LogP contribution in [0.3, 0.4) is 0 Å². The van der Waals surface area contributed by atoms with Crippen LogP contribution in [0.2, 0.25) is 0 Å². The lowest BCUT2D eigenvalue weighted by Gasteiger charge is -2.24. The van der Waals surface area contributed by atoms with Crippen LogP contribution in [-0.2, 0) is 14.8 Å². The maximum absolute atomic E-state index is 13.3. The predicted octanol–water partition coefficient (Wildman–Crippen LogP) is 4.77. The van der Waals surface area contributed by atoms with Gasteiger partial charge >= 0.3 is 0 Å². The minimum Gasteiger partial charge on any atom is -0.323 e. The van der Waals surface area contributed by atoms with Gasteiger partial charge in [0, 0.05) is 4.90 Å². The maximum atomic E-state index is 13.3. The molecule has 30 heavy (non-hydrogen) atoms. The van der Waals surface area contributed by atoms with Gasteiger partial charge < -0.3 is 5.32 Å². The topological polar surface area (TPSA) is 66.5 Å². The molecule has 0 aromatic heterocycles. The Morgan fingerprint density at radius 2 is 1.60 bits per heavy atom. The number of amides is 1. The maximum Gasteiger partial charge on any atom is 0.264 e. The van der Waals surface area contributed by atoms with Crippen LogP contribution in [0.15, 0.2) is 88.7 Å². The lowest BCUT2D eigenvalue weighted by molar-refractivity contribution is -0.114. The molecule has 0 saturated heterocycles. The van der Waals surface area contributed by atoms with Gasteiger partial charge in [-0.25, -0.2) is 12.8 Å². The van der Waals surface area contributed by atoms with Gasteiger partial charge in [0.05, 0.1) is 16.3 Å². The molecule has 5 nitrogen and oxygen atoms in total. The molecule has 0 aliphatic rings. The lowest BCUT2D eigenvalue weighted by atomic mass is 10.3. The van der Waals surface area contributed by atoms with Crippen LogP contribution < -0.4 is 9.62 Å². The van der Waals surface area contributed by atoms with E-state index in [1.54, 1.807) is 54.2 Å². The Labute approximate surface area is 180 Å². The third kappa shape index (κ3) is 5.20. The van der Waals surface area contributed by atoms with Crippen LogP contribution in [0.5, 0.6) is 0 Å². The molecule has 0 heterocycles. The molecule has 0 fully saturated rings. The Bertz CT molecular complexity index is 1100. The standard InChI is InChI=1S/C22H21FN2O3S2/c1-2-29-21-11-7-6-10-20(21)24-22(26)16-25(18-8-4-3-5-9-18)30(27,28)19-14-12-17(23)13-15-19/h3-15H,2,16H2,1H3,(H,24,26). The van der Waals surface area contributed by atoms with E-state index in [2.05, 4.69) is 5.32 Å². The van der Waals surface area contributed by atoms with Gasteiger partial charge in [0.2, 0.25) is 5.91 Å². The summed E-state index contributed by atoms with van der Waals surface area (Å²) in [5.41, 5.74) is 0.967. The summed E-state index contributed by atoms with van der Waals surface area (Å²) in [6.45, 7) is 1.59. The van der Waals surface area contributed by atoms with Crippen LogP contribution in [0.25, 0.3) is 0 Å². The first-order valence-electron chi connectivity index (χ1n) is 9.27. The summed E-state index contributed by atoms with van der Waals surface area (Å²) in [6.07, 6.45) is 0. The zero-order valence-corrected chi connectivity index (χ0v) is 17.9. The van der Waals surface area contributed by atoms with Crippen molar-refractivity contribution >= 4 is 39.1 Å². The van der Waals surface area contributed by atoms with Crippen molar-refractivity contribution in [1.29, 1.82) is 0 Å². The first-order chi connectivity index (χ1) is 14.4. The van der Waals surface area contributed by atoms with Gasteiger partial charge in [-0.1, -0.05) is 37.3 Å². The molecular formula is C22H21FN2O3S2. The fourth-order valence-corrected chi connectivity index (χ4v) is 5.00. The van der Waals surface area contributed by atoms with Crippen molar-refractivity contribution in [3.8, 4) is 0 Å². The number of carbonyl (C=O) groups excluding carboxylic acids is 1. The molecule has 0 spiro atoms. The molecule has 0 aliphatic heterocycles. The second-order valence-corrected chi connectivity index (χ2v) is 9.45. The van der Waals surface area contributed by atoms with Crippen LogP contribution >= 0.6 is 11.8 Å². The van der Waals surface area contributed by atoms with Gasteiger partial charge in [-0.15, -0.1) is 11.8 Å². The number of para-hydroxylation sites is 2.